The topological polar surface area (TPSA) is 54.2 Å². The fraction of sp³-hybridized carbons (Fsp3) is 0.846. The summed E-state index contributed by atoms with van der Waals surface area (Å²) in [7, 11) is 0. The van der Waals surface area contributed by atoms with E-state index in [1.165, 1.54) is 0 Å². The first-order chi connectivity index (χ1) is 8.62. The van der Waals surface area contributed by atoms with Gasteiger partial charge in [-0.15, -0.1) is 0 Å². The number of hydrogen-bond donors (Lipinski definition) is 1. The number of aromatic nitrogens is 2. The van der Waals surface area contributed by atoms with Crippen LogP contribution in [0.25, 0.3) is 0 Å². The summed E-state index contributed by atoms with van der Waals surface area (Å²) in [6, 6.07) is 0. The van der Waals surface area contributed by atoms with Crippen molar-refractivity contribution in [3.63, 3.8) is 0 Å². The number of unbranched alkanes of at least 4 members (excludes halogenated alkanes) is 1. The molecule has 2 heterocycles. The van der Waals surface area contributed by atoms with Crippen molar-refractivity contribution in [1.29, 1.82) is 0 Å². The fourth-order valence-electron chi connectivity index (χ4n) is 2.27. The molecule has 1 aromatic heterocycles. The quantitative estimate of drug-likeness (QED) is 0.862. The Hall–Kier alpha value is -0.940. The molecule has 5 heteroatoms. The summed E-state index contributed by atoms with van der Waals surface area (Å²) >= 11 is 0. The summed E-state index contributed by atoms with van der Waals surface area (Å²) in [6.45, 7) is 10.5. The minimum atomic E-state index is 0.149. The Morgan fingerprint density at radius 3 is 3.00 bits per heavy atom. The normalized spacial score (nSPS) is 20.2. The zero-order valence-corrected chi connectivity index (χ0v) is 11.7. The monoisotopic (exact) mass is 252 g/mol. The van der Waals surface area contributed by atoms with Crippen LogP contribution < -0.4 is 5.32 Å². The molecule has 1 aliphatic rings. The van der Waals surface area contributed by atoms with Gasteiger partial charge in [-0.2, -0.15) is 4.98 Å². The van der Waals surface area contributed by atoms with Crippen LogP contribution >= 0.6 is 0 Å². The Bertz CT molecular complexity index is 375. The Morgan fingerprint density at radius 2 is 2.28 bits per heavy atom. The Labute approximate surface area is 109 Å². The van der Waals surface area contributed by atoms with Gasteiger partial charge in [0, 0.05) is 31.6 Å². The highest BCUT2D eigenvalue weighted by atomic mass is 16.5. The van der Waals surface area contributed by atoms with E-state index in [9.17, 15) is 0 Å². The number of piperazine rings is 1. The molecule has 1 fully saturated rings. The molecule has 1 N–H and O–H groups in total. The van der Waals surface area contributed by atoms with Crippen molar-refractivity contribution in [3.05, 3.63) is 11.7 Å². The molecular weight excluding hydrogens is 228 g/mol. The van der Waals surface area contributed by atoms with Gasteiger partial charge in [0.25, 0.3) is 0 Å². The van der Waals surface area contributed by atoms with E-state index in [1.54, 1.807) is 0 Å². The highest BCUT2D eigenvalue weighted by Crippen LogP contribution is 2.18. The molecule has 0 atom stereocenters. The third-order valence-electron chi connectivity index (χ3n) is 3.56. The van der Waals surface area contributed by atoms with Gasteiger partial charge < -0.3 is 9.84 Å². The van der Waals surface area contributed by atoms with Crippen LogP contribution in [0.15, 0.2) is 4.52 Å². The maximum Gasteiger partial charge on any atom is 0.240 e. The van der Waals surface area contributed by atoms with Gasteiger partial charge in [0.05, 0.1) is 6.54 Å². The van der Waals surface area contributed by atoms with E-state index in [2.05, 4.69) is 41.1 Å². The van der Waals surface area contributed by atoms with E-state index >= 15 is 0 Å². The fourth-order valence-corrected chi connectivity index (χ4v) is 2.27. The summed E-state index contributed by atoms with van der Waals surface area (Å²) in [5.74, 6) is 1.59. The SMILES string of the molecule is CCCCc1noc(CN2CCNCC2(C)C)n1. The number of nitrogens with zero attached hydrogens (tertiary/aromatic N) is 3. The van der Waals surface area contributed by atoms with Crippen LogP contribution in [0, 0.1) is 0 Å². The molecule has 1 saturated heterocycles. The minimum absolute atomic E-state index is 0.149. The summed E-state index contributed by atoms with van der Waals surface area (Å²) in [5.41, 5.74) is 0.149. The van der Waals surface area contributed by atoms with Gasteiger partial charge in [-0.05, 0) is 20.3 Å². The highest BCUT2D eigenvalue weighted by molar-refractivity contribution is 4.93. The van der Waals surface area contributed by atoms with Crippen molar-refractivity contribution in [3.8, 4) is 0 Å². The third-order valence-corrected chi connectivity index (χ3v) is 3.56. The standard InChI is InChI=1S/C13H24N4O/c1-4-5-6-11-15-12(18-16-11)9-17-8-7-14-10-13(17,2)3/h14H,4-10H2,1-3H3. The largest absolute Gasteiger partial charge is 0.338 e. The molecule has 0 aromatic carbocycles. The second kappa shape index (κ2) is 5.80. The second-order valence-electron chi connectivity index (χ2n) is 5.62. The zero-order valence-electron chi connectivity index (χ0n) is 11.7. The molecule has 0 bridgehead atoms. The molecule has 1 aromatic rings. The number of rotatable bonds is 5. The molecule has 2 rings (SSSR count). The Balaban J connectivity index is 1.94. The van der Waals surface area contributed by atoms with Crippen molar-refractivity contribution in [1.82, 2.24) is 20.4 Å². The average Bonchev–Trinajstić information content (AvgIpc) is 2.77. The molecule has 102 valence electrons. The van der Waals surface area contributed by atoms with E-state index in [1.807, 2.05) is 0 Å². The molecule has 0 amide bonds. The smallest absolute Gasteiger partial charge is 0.240 e. The average molecular weight is 252 g/mol. The number of aryl methyl sites for hydroxylation is 1. The van der Waals surface area contributed by atoms with Crippen LogP contribution in [0.2, 0.25) is 0 Å². The highest BCUT2D eigenvalue weighted by Gasteiger charge is 2.30. The van der Waals surface area contributed by atoms with Crippen LogP contribution in [0.1, 0.15) is 45.3 Å². The first-order valence-corrected chi connectivity index (χ1v) is 6.89. The van der Waals surface area contributed by atoms with Crippen molar-refractivity contribution in [2.75, 3.05) is 19.6 Å². The van der Waals surface area contributed by atoms with E-state index in [-0.39, 0.29) is 5.54 Å². The summed E-state index contributed by atoms with van der Waals surface area (Å²) in [4.78, 5) is 6.87. The predicted octanol–water partition coefficient (Wildman–Crippen LogP) is 1.60. The molecule has 0 saturated carbocycles. The van der Waals surface area contributed by atoms with E-state index in [0.29, 0.717) is 0 Å². The van der Waals surface area contributed by atoms with E-state index < -0.39 is 0 Å². The maximum absolute atomic E-state index is 5.33. The molecule has 5 nitrogen and oxygen atoms in total. The summed E-state index contributed by atoms with van der Waals surface area (Å²) in [6.07, 6.45) is 3.21. The molecule has 0 radical (unpaired) electrons. The lowest BCUT2D eigenvalue weighted by Gasteiger charge is -2.41. The van der Waals surface area contributed by atoms with Crippen LogP contribution in [0.3, 0.4) is 0 Å². The van der Waals surface area contributed by atoms with Crippen molar-refractivity contribution >= 4 is 0 Å². The summed E-state index contributed by atoms with van der Waals surface area (Å²) in [5, 5.41) is 7.45. The van der Waals surface area contributed by atoms with Gasteiger partial charge >= 0.3 is 0 Å². The first-order valence-electron chi connectivity index (χ1n) is 6.89. The molecule has 1 aliphatic heterocycles. The van der Waals surface area contributed by atoms with Gasteiger partial charge in [-0.3, -0.25) is 4.90 Å². The Kier molecular flexibility index (Phi) is 4.35. The number of hydrogen-bond acceptors (Lipinski definition) is 5. The first kappa shape index (κ1) is 13.5. The van der Waals surface area contributed by atoms with Crippen LogP contribution in [0.4, 0.5) is 0 Å². The molecule has 0 unspecified atom stereocenters. The lowest BCUT2D eigenvalue weighted by Crippen LogP contribution is -2.57. The lowest BCUT2D eigenvalue weighted by molar-refractivity contribution is 0.0711. The van der Waals surface area contributed by atoms with Gasteiger partial charge in [0.15, 0.2) is 5.82 Å². The molecule has 0 aliphatic carbocycles. The number of nitrogens with one attached hydrogen (secondary N) is 1. The van der Waals surface area contributed by atoms with Crippen molar-refractivity contribution in [2.24, 2.45) is 0 Å². The molecule has 18 heavy (non-hydrogen) atoms. The van der Waals surface area contributed by atoms with Gasteiger partial charge in [0.1, 0.15) is 0 Å². The van der Waals surface area contributed by atoms with E-state index in [4.69, 9.17) is 4.52 Å². The molecular formula is C13H24N4O. The van der Waals surface area contributed by atoms with Crippen molar-refractivity contribution < 1.29 is 4.52 Å². The lowest BCUT2D eigenvalue weighted by atomic mass is 10.0. The predicted molar refractivity (Wildman–Crippen MR) is 70.3 cm³/mol. The minimum Gasteiger partial charge on any atom is -0.338 e. The maximum atomic E-state index is 5.33. The summed E-state index contributed by atoms with van der Waals surface area (Å²) < 4.78 is 5.33. The van der Waals surface area contributed by atoms with Gasteiger partial charge in [-0.25, -0.2) is 0 Å². The van der Waals surface area contributed by atoms with Crippen LogP contribution in [0.5, 0.6) is 0 Å². The molecule has 0 spiro atoms. The third kappa shape index (κ3) is 3.29. The van der Waals surface area contributed by atoms with E-state index in [0.717, 1.165) is 57.2 Å². The van der Waals surface area contributed by atoms with Crippen molar-refractivity contribution in [2.45, 2.75) is 52.1 Å². The van der Waals surface area contributed by atoms with Crippen LogP contribution in [-0.2, 0) is 13.0 Å². The van der Waals surface area contributed by atoms with Gasteiger partial charge in [-0.1, -0.05) is 18.5 Å². The Morgan fingerprint density at radius 1 is 1.44 bits per heavy atom. The van der Waals surface area contributed by atoms with Gasteiger partial charge in [0.2, 0.25) is 5.89 Å². The second-order valence-corrected chi connectivity index (χ2v) is 5.62. The zero-order chi connectivity index (χ0) is 13.0. The van der Waals surface area contributed by atoms with Crippen LogP contribution in [-0.4, -0.2) is 40.2 Å².